The van der Waals surface area contributed by atoms with Crippen LogP contribution in [-0.2, 0) is 17.8 Å². The molecule has 0 radical (unpaired) electrons. The largest absolute Gasteiger partial charge is 0.380 e. The van der Waals surface area contributed by atoms with Gasteiger partial charge in [0.05, 0.1) is 18.9 Å². The van der Waals surface area contributed by atoms with Crippen molar-refractivity contribution in [1.82, 2.24) is 14.8 Å². The Hall–Kier alpha value is -1.79. The average Bonchev–Trinajstić information content (AvgIpc) is 2.74. The number of ketones is 1. The van der Waals surface area contributed by atoms with Gasteiger partial charge in [-0.25, -0.2) is 9.37 Å². The van der Waals surface area contributed by atoms with E-state index in [0.717, 1.165) is 12.4 Å². The molecular formula is C13H13ClFN3O2. The third-order valence-corrected chi connectivity index (χ3v) is 3.03. The van der Waals surface area contributed by atoms with Crippen molar-refractivity contribution in [3.05, 3.63) is 47.3 Å². The van der Waals surface area contributed by atoms with E-state index in [9.17, 15) is 14.3 Å². The molecule has 2 aromatic heterocycles. The van der Waals surface area contributed by atoms with Gasteiger partial charge in [-0.15, -0.1) is 0 Å². The van der Waals surface area contributed by atoms with Gasteiger partial charge >= 0.3 is 0 Å². The molecule has 0 aliphatic heterocycles. The fourth-order valence-corrected chi connectivity index (χ4v) is 1.95. The summed E-state index contributed by atoms with van der Waals surface area (Å²) < 4.78 is 14.0. The van der Waals surface area contributed by atoms with Crippen molar-refractivity contribution in [3.8, 4) is 0 Å². The number of aromatic nitrogens is 3. The minimum atomic E-state index is -1.64. The van der Waals surface area contributed by atoms with Crippen LogP contribution in [-0.4, -0.2) is 31.3 Å². The quantitative estimate of drug-likeness (QED) is 0.852. The highest BCUT2D eigenvalue weighted by molar-refractivity contribution is 6.29. The van der Waals surface area contributed by atoms with Crippen LogP contribution >= 0.6 is 11.6 Å². The topological polar surface area (TPSA) is 68.0 Å². The molecule has 1 atom stereocenters. The van der Waals surface area contributed by atoms with Crippen LogP contribution in [0.1, 0.15) is 12.5 Å². The van der Waals surface area contributed by atoms with Crippen LogP contribution in [0.4, 0.5) is 4.39 Å². The summed E-state index contributed by atoms with van der Waals surface area (Å²) in [6.07, 6.45) is 3.63. The first-order valence-electron chi connectivity index (χ1n) is 5.91. The number of Topliss-reactive ketones (excluding diaryl/α,β-unsaturated/α-hetero) is 1. The summed E-state index contributed by atoms with van der Waals surface area (Å²) in [5, 5.41) is 14.2. The van der Waals surface area contributed by atoms with Gasteiger partial charge in [0.1, 0.15) is 10.8 Å². The second kappa shape index (κ2) is 5.68. The molecule has 0 bridgehead atoms. The molecule has 0 amide bonds. The number of halogens is 2. The number of rotatable bonds is 5. The van der Waals surface area contributed by atoms with Gasteiger partial charge in [-0.05, 0) is 24.6 Å². The molecule has 0 aliphatic carbocycles. The molecule has 2 heterocycles. The van der Waals surface area contributed by atoms with Crippen molar-refractivity contribution in [1.29, 1.82) is 0 Å². The predicted molar refractivity (Wildman–Crippen MR) is 70.8 cm³/mol. The summed E-state index contributed by atoms with van der Waals surface area (Å²) in [6, 6.07) is 3.20. The first kappa shape index (κ1) is 14.6. The number of aliphatic hydroxyl groups is 1. The fraction of sp³-hybridized carbons (Fsp3) is 0.308. The van der Waals surface area contributed by atoms with Crippen molar-refractivity contribution in [2.45, 2.75) is 25.5 Å². The summed E-state index contributed by atoms with van der Waals surface area (Å²) in [7, 11) is 0. The third kappa shape index (κ3) is 3.61. The Kier molecular flexibility index (Phi) is 4.15. The lowest BCUT2D eigenvalue weighted by Crippen LogP contribution is -2.40. The molecule has 2 aromatic rings. The monoisotopic (exact) mass is 297 g/mol. The number of pyridine rings is 1. The maximum Gasteiger partial charge on any atom is 0.170 e. The number of carbonyl (C=O) groups excluding carboxylic acids is 1. The standard InChI is InChI=1S/C13H13ClFN3O2/c1-13(20,8-18-7-10(15)6-17-18)11(19)4-9-2-3-16-12(14)5-9/h2-3,5-7,20H,4,8H2,1H3/t13-/m0/s1. The van der Waals surface area contributed by atoms with E-state index in [4.69, 9.17) is 11.6 Å². The Bertz CT molecular complexity index is 628. The third-order valence-electron chi connectivity index (χ3n) is 2.83. The zero-order valence-electron chi connectivity index (χ0n) is 10.8. The van der Waals surface area contributed by atoms with Gasteiger partial charge < -0.3 is 5.11 Å². The first-order valence-corrected chi connectivity index (χ1v) is 6.29. The molecule has 0 unspecified atom stereocenters. The van der Waals surface area contributed by atoms with Crippen molar-refractivity contribution >= 4 is 17.4 Å². The Morgan fingerprint density at radius 2 is 2.35 bits per heavy atom. The summed E-state index contributed by atoms with van der Waals surface area (Å²) in [6.45, 7) is 1.26. The molecule has 0 fully saturated rings. The van der Waals surface area contributed by atoms with Gasteiger partial charge in [0.2, 0.25) is 0 Å². The maximum atomic E-state index is 12.8. The van der Waals surface area contributed by atoms with E-state index in [1.54, 1.807) is 12.1 Å². The van der Waals surface area contributed by atoms with E-state index in [1.165, 1.54) is 17.8 Å². The lowest BCUT2D eigenvalue weighted by molar-refractivity contribution is -0.136. The van der Waals surface area contributed by atoms with Crippen molar-refractivity contribution in [2.75, 3.05) is 0 Å². The lowest BCUT2D eigenvalue weighted by atomic mass is 9.95. The van der Waals surface area contributed by atoms with E-state index in [2.05, 4.69) is 10.1 Å². The van der Waals surface area contributed by atoms with Crippen LogP contribution < -0.4 is 0 Å². The van der Waals surface area contributed by atoms with Crippen LogP contribution in [0.3, 0.4) is 0 Å². The van der Waals surface area contributed by atoms with Gasteiger partial charge in [0.15, 0.2) is 11.6 Å². The predicted octanol–water partition coefficient (Wildman–Crippen LogP) is 1.63. The van der Waals surface area contributed by atoms with Gasteiger partial charge in [-0.1, -0.05) is 11.6 Å². The molecule has 7 heteroatoms. The van der Waals surface area contributed by atoms with Gasteiger partial charge in [-0.3, -0.25) is 9.48 Å². The molecule has 0 saturated heterocycles. The van der Waals surface area contributed by atoms with Crippen molar-refractivity contribution in [2.24, 2.45) is 0 Å². The summed E-state index contributed by atoms with van der Waals surface area (Å²) in [5.74, 6) is -0.926. The molecular weight excluding hydrogens is 285 g/mol. The fourth-order valence-electron chi connectivity index (χ4n) is 1.76. The van der Waals surface area contributed by atoms with E-state index in [1.807, 2.05) is 0 Å². The van der Waals surface area contributed by atoms with Gasteiger partial charge in [0.25, 0.3) is 0 Å². The van der Waals surface area contributed by atoms with E-state index in [-0.39, 0.29) is 18.1 Å². The molecule has 5 nitrogen and oxygen atoms in total. The summed E-state index contributed by atoms with van der Waals surface area (Å²) in [4.78, 5) is 15.9. The second-order valence-electron chi connectivity index (χ2n) is 4.72. The van der Waals surface area contributed by atoms with Gasteiger partial charge in [-0.2, -0.15) is 5.10 Å². The highest BCUT2D eigenvalue weighted by Crippen LogP contribution is 2.15. The lowest BCUT2D eigenvalue weighted by Gasteiger charge is -2.21. The highest BCUT2D eigenvalue weighted by Gasteiger charge is 2.30. The molecule has 20 heavy (non-hydrogen) atoms. The highest BCUT2D eigenvalue weighted by atomic mass is 35.5. The first-order chi connectivity index (χ1) is 9.37. The molecule has 0 aliphatic rings. The van der Waals surface area contributed by atoms with E-state index >= 15 is 0 Å². The second-order valence-corrected chi connectivity index (χ2v) is 5.10. The van der Waals surface area contributed by atoms with Crippen molar-refractivity contribution < 1.29 is 14.3 Å². The van der Waals surface area contributed by atoms with Crippen LogP contribution in [0, 0.1) is 5.82 Å². The van der Waals surface area contributed by atoms with E-state index in [0.29, 0.717) is 5.56 Å². The van der Waals surface area contributed by atoms with Crippen LogP contribution in [0.25, 0.3) is 0 Å². The number of hydrogen-bond acceptors (Lipinski definition) is 4. The maximum absolute atomic E-state index is 12.8. The smallest absolute Gasteiger partial charge is 0.170 e. The Morgan fingerprint density at radius 1 is 1.60 bits per heavy atom. The number of carbonyl (C=O) groups is 1. The number of hydrogen-bond donors (Lipinski definition) is 1. The van der Waals surface area contributed by atoms with Crippen molar-refractivity contribution in [3.63, 3.8) is 0 Å². The molecule has 1 N–H and O–H groups in total. The van der Waals surface area contributed by atoms with Crippen LogP contribution in [0.2, 0.25) is 5.15 Å². The van der Waals surface area contributed by atoms with E-state index < -0.39 is 17.2 Å². The molecule has 0 saturated carbocycles. The Morgan fingerprint density at radius 3 is 2.95 bits per heavy atom. The Balaban J connectivity index is 2.07. The SMILES string of the molecule is C[C@](O)(Cn1cc(F)cn1)C(=O)Cc1ccnc(Cl)c1. The summed E-state index contributed by atoms with van der Waals surface area (Å²) in [5.41, 5.74) is -0.990. The van der Waals surface area contributed by atoms with Crippen LogP contribution in [0.15, 0.2) is 30.7 Å². The zero-order valence-corrected chi connectivity index (χ0v) is 11.5. The molecule has 0 aromatic carbocycles. The van der Waals surface area contributed by atoms with Crippen LogP contribution in [0.5, 0.6) is 0 Å². The minimum absolute atomic E-state index is 0.0129. The summed E-state index contributed by atoms with van der Waals surface area (Å²) >= 11 is 5.73. The molecule has 0 spiro atoms. The number of nitrogens with zero attached hydrogens (tertiary/aromatic N) is 3. The Labute approximate surface area is 120 Å². The normalized spacial score (nSPS) is 14.0. The average molecular weight is 298 g/mol. The minimum Gasteiger partial charge on any atom is -0.380 e. The van der Waals surface area contributed by atoms with Gasteiger partial charge in [0, 0.05) is 12.6 Å². The molecule has 106 valence electrons. The zero-order chi connectivity index (χ0) is 14.8. The molecule has 2 rings (SSSR count).